The van der Waals surface area contributed by atoms with Gasteiger partial charge in [0, 0.05) is 26.1 Å². The number of hydrogen-bond donors (Lipinski definition) is 0. The second-order valence-electron chi connectivity index (χ2n) is 3.77. The lowest BCUT2D eigenvalue weighted by Gasteiger charge is -2.19. The van der Waals surface area contributed by atoms with Crippen molar-refractivity contribution in [1.82, 2.24) is 4.90 Å². The van der Waals surface area contributed by atoms with Crippen molar-refractivity contribution in [3.05, 3.63) is 0 Å². The summed E-state index contributed by atoms with van der Waals surface area (Å²) in [5, 5.41) is 0. The maximum atomic E-state index is 11.8. The molecule has 1 amide bonds. The fourth-order valence-electron chi connectivity index (χ4n) is 1.78. The highest BCUT2D eigenvalue weighted by Crippen LogP contribution is 2.19. The van der Waals surface area contributed by atoms with E-state index in [-0.39, 0.29) is 10.7 Å². The monoisotopic (exact) mass is 263 g/mol. The molecule has 1 heterocycles. The maximum Gasteiger partial charge on any atom is 0.236 e. The minimum Gasteiger partial charge on any atom is -0.384 e. The Hall–Kier alpha value is -0.0900. The molecule has 0 saturated carbocycles. The first kappa shape index (κ1) is 12.0. The van der Waals surface area contributed by atoms with Gasteiger partial charge >= 0.3 is 0 Å². The summed E-state index contributed by atoms with van der Waals surface area (Å²) in [6.07, 6.45) is 1.92. The molecular formula is C10H18BrNO2. The number of halogens is 1. The fraction of sp³-hybridized carbons (Fsp3) is 0.900. The third-order valence-electron chi connectivity index (χ3n) is 2.63. The third kappa shape index (κ3) is 2.95. The Balaban J connectivity index is 2.37. The molecule has 1 fully saturated rings. The van der Waals surface area contributed by atoms with Crippen LogP contribution in [0.1, 0.15) is 19.8 Å². The average molecular weight is 264 g/mol. The molecule has 0 aliphatic carbocycles. The molecule has 0 radical (unpaired) electrons. The van der Waals surface area contributed by atoms with Crippen LogP contribution in [-0.2, 0) is 9.53 Å². The van der Waals surface area contributed by atoms with Gasteiger partial charge in [0.05, 0.1) is 11.4 Å². The maximum absolute atomic E-state index is 11.8. The Bertz CT molecular complexity index is 199. The highest BCUT2D eigenvalue weighted by Gasteiger charge is 2.28. The Kier molecular flexibility index (Phi) is 4.89. The zero-order valence-corrected chi connectivity index (χ0v) is 10.4. The summed E-state index contributed by atoms with van der Waals surface area (Å²) in [5.74, 6) is 0.756. The predicted octanol–water partition coefficient (Wildman–Crippen LogP) is 1.65. The summed E-state index contributed by atoms with van der Waals surface area (Å²) in [5.41, 5.74) is 0. The van der Waals surface area contributed by atoms with Gasteiger partial charge in [-0.25, -0.2) is 0 Å². The lowest BCUT2D eigenvalue weighted by atomic mass is 10.1. The zero-order valence-electron chi connectivity index (χ0n) is 8.83. The van der Waals surface area contributed by atoms with Gasteiger partial charge in [-0.1, -0.05) is 22.9 Å². The van der Waals surface area contributed by atoms with Crippen LogP contribution in [0.25, 0.3) is 0 Å². The molecule has 2 unspecified atom stereocenters. The molecule has 3 nitrogen and oxygen atoms in total. The molecule has 82 valence electrons. The minimum absolute atomic E-state index is 0.0104. The van der Waals surface area contributed by atoms with E-state index in [9.17, 15) is 4.79 Å². The molecule has 0 aromatic rings. The van der Waals surface area contributed by atoms with E-state index in [1.807, 2.05) is 11.8 Å². The van der Waals surface area contributed by atoms with Gasteiger partial charge in [-0.2, -0.15) is 0 Å². The topological polar surface area (TPSA) is 29.5 Å². The van der Waals surface area contributed by atoms with Crippen LogP contribution in [0, 0.1) is 5.92 Å². The lowest BCUT2D eigenvalue weighted by Crippen LogP contribution is -2.34. The van der Waals surface area contributed by atoms with Crippen LogP contribution >= 0.6 is 15.9 Å². The van der Waals surface area contributed by atoms with Crippen LogP contribution in [0.4, 0.5) is 0 Å². The normalized spacial score (nSPS) is 23.9. The number of amides is 1. The van der Waals surface area contributed by atoms with Gasteiger partial charge in [0.25, 0.3) is 0 Å². The second-order valence-corrected chi connectivity index (χ2v) is 4.88. The molecule has 0 bridgehead atoms. The van der Waals surface area contributed by atoms with E-state index < -0.39 is 0 Å². The standard InChI is InChI=1S/C10H18BrNO2/c1-3-9(11)10(13)12-5-4-8(6-12)7-14-2/h8-9H,3-7H2,1-2H3. The quantitative estimate of drug-likeness (QED) is 0.723. The SMILES string of the molecule is CCC(Br)C(=O)N1CCC(COC)C1. The number of hydrogen-bond acceptors (Lipinski definition) is 2. The molecule has 1 aliphatic heterocycles. The van der Waals surface area contributed by atoms with Crippen LogP contribution in [-0.4, -0.2) is 42.4 Å². The summed E-state index contributed by atoms with van der Waals surface area (Å²) in [4.78, 5) is 13.7. The van der Waals surface area contributed by atoms with Crippen LogP contribution in [0.2, 0.25) is 0 Å². The average Bonchev–Trinajstić information content (AvgIpc) is 2.64. The van der Waals surface area contributed by atoms with Crippen molar-refractivity contribution in [1.29, 1.82) is 0 Å². The van der Waals surface area contributed by atoms with Gasteiger partial charge in [0.15, 0.2) is 0 Å². The van der Waals surface area contributed by atoms with E-state index in [1.54, 1.807) is 7.11 Å². The Labute approximate surface area is 93.9 Å². The molecule has 1 aliphatic rings. The number of alkyl halides is 1. The van der Waals surface area contributed by atoms with Crippen LogP contribution in [0.5, 0.6) is 0 Å². The molecule has 4 heteroatoms. The van der Waals surface area contributed by atoms with Crippen molar-refractivity contribution in [2.24, 2.45) is 5.92 Å². The molecular weight excluding hydrogens is 246 g/mol. The van der Waals surface area contributed by atoms with Crippen molar-refractivity contribution < 1.29 is 9.53 Å². The van der Waals surface area contributed by atoms with Gasteiger partial charge in [-0.15, -0.1) is 0 Å². The van der Waals surface area contributed by atoms with E-state index in [1.165, 1.54) is 0 Å². The molecule has 1 saturated heterocycles. The van der Waals surface area contributed by atoms with Crippen molar-refractivity contribution >= 4 is 21.8 Å². The van der Waals surface area contributed by atoms with Gasteiger partial charge < -0.3 is 9.64 Å². The van der Waals surface area contributed by atoms with E-state index in [0.717, 1.165) is 32.5 Å². The highest BCUT2D eigenvalue weighted by molar-refractivity contribution is 9.10. The van der Waals surface area contributed by atoms with Gasteiger partial charge in [0.2, 0.25) is 5.91 Å². The summed E-state index contributed by atoms with van der Waals surface area (Å²) >= 11 is 3.39. The van der Waals surface area contributed by atoms with Crippen LogP contribution in [0.3, 0.4) is 0 Å². The van der Waals surface area contributed by atoms with E-state index in [0.29, 0.717) is 5.92 Å². The molecule has 0 aromatic heterocycles. The number of carbonyl (C=O) groups excluding carboxylic acids is 1. The summed E-state index contributed by atoms with van der Waals surface area (Å²) in [6.45, 7) is 4.52. The largest absolute Gasteiger partial charge is 0.384 e. The smallest absolute Gasteiger partial charge is 0.236 e. The number of ether oxygens (including phenoxy) is 1. The number of methoxy groups -OCH3 is 1. The Morgan fingerprint density at radius 3 is 3.00 bits per heavy atom. The molecule has 0 spiro atoms. The van der Waals surface area contributed by atoms with Gasteiger partial charge in [0.1, 0.15) is 0 Å². The minimum atomic E-state index is -0.0104. The first-order chi connectivity index (χ1) is 6.69. The first-order valence-corrected chi connectivity index (χ1v) is 6.02. The van der Waals surface area contributed by atoms with Crippen LogP contribution in [0.15, 0.2) is 0 Å². The third-order valence-corrected chi connectivity index (χ3v) is 3.67. The molecule has 2 atom stereocenters. The lowest BCUT2D eigenvalue weighted by molar-refractivity contribution is -0.129. The Morgan fingerprint density at radius 2 is 2.43 bits per heavy atom. The molecule has 14 heavy (non-hydrogen) atoms. The van der Waals surface area contributed by atoms with Gasteiger partial charge in [-0.3, -0.25) is 4.79 Å². The summed E-state index contributed by atoms with van der Waals surface area (Å²) in [6, 6.07) is 0. The predicted molar refractivity (Wildman–Crippen MR) is 59.6 cm³/mol. The number of likely N-dealkylation sites (tertiary alicyclic amines) is 1. The van der Waals surface area contributed by atoms with E-state index >= 15 is 0 Å². The zero-order chi connectivity index (χ0) is 10.6. The summed E-state index contributed by atoms with van der Waals surface area (Å²) in [7, 11) is 1.71. The van der Waals surface area contributed by atoms with Crippen LogP contribution < -0.4 is 0 Å². The van der Waals surface area contributed by atoms with Crippen molar-refractivity contribution in [2.45, 2.75) is 24.6 Å². The van der Waals surface area contributed by atoms with Gasteiger partial charge in [-0.05, 0) is 12.8 Å². The van der Waals surface area contributed by atoms with Crippen molar-refractivity contribution in [3.8, 4) is 0 Å². The number of nitrogens with zero attached hydrogens (tertiary/aromatic N) is 1. The van der Waals surface area contributed by atoms with E-state index in [4.69, 9.17) is 4.74 Å². The Morgan fingerprint density at radius 1 is 1.71 bits per heavy atom. The first-order valence-electron chi connectivity index (χ1n) is 5.10. The molecule has 1 rings (SSSR count). The van der Waals surface area contributed by atoms with Crippen molar-refractivity contribution in [3.63, 3.8) is 0 Å². The second kappa shape index (κ2) is 5.71. The van der Waals surface area contributed by atoms with Crippen molar-refractivity contribution in [2.75, 3.05) is 26.8 Å². The number of carbonyl (C=O) groups is 1. The molecule has 0 N–H and O–H groups in total. The summed E-state index contributed by atoms with van der Waals surface area (Å²) < 4.78 is 5.09. The fourth-order valence-corrected chi connectivity index (χ4v) is 2.07. The number of rotatable bonds is 4. The molecule has 0 aromatic carbocycles. The van der Waals surface area contributed by atoms with E-state index in [2.05, 4.69) is 15.9 Å². The highest BCUT2D eigenvalue weighted by atomic mass is 79.9.